The summed E-state index contributed by atoms with van der Waals surface area (Å²) in [5, 5.41) is 7.36. The minimum atomic E-state index is -3.31. The first-order valence-electron chi connectivity index (χ1n) is 6.72. The molecule has 6 nitrogen and oxygen atoms in total. The second-order valence-electron chi connectivity index (χ2n) is 5.35. The summed E-state index contributed by atoms with van der Waals surface area (Å²) in [6.07, 6.45) is 3.63. The average Bonchev–Trinajstić information content (AvgIpc) is 2.77. The first kappa shape index (κ1) is 14.3. The third-order valence-electron chi connectivity index (χ3n) is 3.27. The summed E-state index contributed by atoms with van der Waals surface area (Å²) in [7, 11) is -3.31. The Morgan fingerprint density at radius 2 is 2.37 bits per heavy atom. The third kappa shape index (κ3) is 3.94. The smallest absolute Gasteiger partial charge is 0.234 e. The predicted molar refractivity (Wildman–Crippen MR) is 75.6 cm³/mol. The van der Waals surface area contributed by atoms with E-state index in [-0.39, 0.29) is 17.7 Å². The van der Waals surface area contributed by atoms with E-state index in [0.717, 1.165) is 25.9 Å². The summed E-state index contributed by atoms with van der Waals surface area (Å²) in [6.45, 7) is 5.71. The number of sulfonamides is 1. The summed E-state index contributed by atoms with van der Waals surface area (Å²) in [6, 6.07) is 1.82. The van der Waals surface area contributed by atoms with Crippen LogP contribution in [0.15, 0.2) is 12.3 Å². The van der Waals surface area contributed by atoms with Gasteiger partial charge in [0, 0.05) is 12.1 Å². The van der Waals surface area contributed by atoms with E-state index < -0.39 is 10.0 Å². The molecule has 0 amide bonds. The van der Waals surface area contributed by atoms with Crippen LogP contribution in [0.5, 0.6) is 0 Å². The van der Waals surface area contributed by atoms with Gasteiger partial charge < -0.3 is 5.32 Å². The maximum absolute atomic E-state index is 12.2. The van der Waals surface area contributed by atoms with Crippen LogP contribution in [-0.4, -0.2) is 37.0 Å². The summed E-state index contributed by atoms with van der Waals surface area (Å²) < 4.78 is 28.6. The SMILES string of the molecule is CC(C)n1nccc1NS(=O)(=O)CC1CCCNC1. The van der Waals surface area contributed by atoms with Gasteiger partial charge in [-0.15, -0.1) is 0 Å². The Labute approximate surface area is 114 Å². The van der Waals surface area contributed by atoms with Crippen molar-refractivity contribution in [2.75, 3.05) is 23.6 Å². The summed E-state index contributed by atoms with van der Waals surface area (Å²) in [4.78, 5) is 0. The predicted octanol–water partition coefficient (Wildman–Crippen LogP) is 1.21. The molecule has 19 heavy (non-hydrogen) atoms. The Balaban J connectivity index is 2.02. The van der Waals surface area contributed by atoms with Crippen LogP contribution >= 0.6 is 0 Å². The molecule has 108 valence electrons. The maximum Gasteiger partial charge on any atom is 0.234 e. The zero-order valence-electron chi connectivity index (χ0n) is 11.5. The largest absolute Gasteiger partial charge is 0.316 e. The van der Waals surface area contributed by atoms with Gasteiger partial charge in [-0.1, -0.05) is 0 Å². The fourth-order valence-corrected chi connectivity index (χ4v) is 3.85. The second-order valence-corrected chi connectivity index (χ2v) is 7.12. The molecule has 1 atom stereocenters. The lowest BCUT2D eigenvalue weighted by Gasteiger charge is -2.23. The number of rotatable bonds is 5. The number of nitrogens with one attached hydrogen (secondary N) is 2. The Bertz CT molecular complexity index is 504. The fraction of sp³-hybridized carbons (Fsp3) is 0.750. The van der Waals surface area contributed by atoms with E-state index in [1.807, 2.05) is 13.8 Å². The van der Waals surface area contributed by atoms with Crippen LogP contribution in [0.2, 0.25) is 0 Å². The van der Waals surface area contributed by atoms with E-state index in [1.165, 1.54) is 0 Å². The van der Waals surface area contributed by atoms with Crippen molar-refractivity contribution in [2.45, 2.75) is 32.7 Å². The minimum absolute atomic E-state index is 0.129. The molecule has 1 aliphatic heterocycles. The monoisotopic (exact) mass is 286 g/mol. The van der Waals surface area contributed by atoms with Crippen molar-refractivity contribution in [1.29, 1.82) is 0 Å². The van der Waals surface area contributed by atoms with Crippen molar-refractivity contribution in [3.8, 4) is 0 Å². The van der Waals surface area contributed by atoms with Crippen LogP contribution < -0.4 is 10.0 Å². The molecule has 0 aliphatic carbocycles. The lowest BCUT2D eigenvalue weighted by molar-refractivity contribution is 0.404. The molecule has 0 radical (unpaired) electrons. The van der Waals surface area contributed by atoms with Crippen molar-refractivity contribution in [2.24, 2.45) is 5.92 Å². The first-order valence-corrected chi connectivity index (χ1v) is 8.38. The second kappa shape index (κ2) is 5.92. The Hall–Kier alpha value is -1.08. The van der Waals surface area contributed by atoms with Crippen molar-refractivity contribution >= 4 is 15.8 Å². The molecular weight excluding hydrogens is 264 g/mol. The summed E-state index contributed by atoms with van der Waals surface area (Å²) in [5.41, 5.74) is 0. The zero-order valence-corrected chi connectivity index (χ0v) is 12.3. The standard InChI is InChI=1S/C12H22N4O2S/c1-10(2)16-12(5-7-14-16)15-19(17,18)9-11-4-3-6-13-8-11/h5,7,10-11,13,15H,3-4,6,8-9H2,1-2H3. The number of hydrogen-bond acceptors (Lipinski definition) is 4. The zero-order chi connectivity index (χ0) is 13.9. The van der Waals surface area contributed by atoms with Crippen LogP contribution in [0.1, 0.15) is 32.7 Å². The number of anilines is 1. The molecule has 1 unspecified atom stereocenters. The van der Waals surface area contributed by atoms with Crippen LogP contribution in [0.25, 0.3) is 0 Å². The lowest BCUT2D eigenvalue weighted by Crippen LogP contribution is -2.35. The van der Waals surface area contributed by atoms with Gasteiger partial charge in [-0.2, -0.15) is 5.10 Å². The van der Waals surface area contributed by atoms with E-state index in [4.69, 9.17) is 0 Å². The van der Waals surface area contributed by atoms with Crippen LogP contribution in [-0.2, 0) is 10.0 Å². The summed E-state index contributed by atoms with van der Waals surface area (Å²) >= 11 is 0. The Kier molecular flexibility index (Phi) is 4.46. The van der Waals surface area contributed by atoms with Gasteiger partial charge in [-0.3, -0.25) is 4.72 Å². The molecule has 0 spiro atoms. The first-order chi connectivity index (χ1) is 8.98. The minimum Gasteiger partial charge on any atom is -0.316 e. The van der Waals surface area contributed by atoms with E-state index in [1.54, 1.807) is 16.9 Å². The quantitative estimate of drug-likeness (QED) is 0.853. The molecule has 2 heterocycles. The molecule has 2 rings (SSSR count). The number of nitrogens with zero attached hydrogens (tertiary/aromatic N) is 2. The fourth-order valence-electron chi connectivity index (χ4n) is 2.38. The van der Waals surface area contributed by atoms with Gasteiger partial charge in [0.15, 0.2) is 0 Å². The summed E-state index contributed by atoms with van der Waals surface area (Å²) in [5.74, 6) is 0.906. The van der Waals surface area contributed by atoms with Crippen molar-refractivity contribution < 1.29 is 8.42 Å². The van der Waals surface area contributed by atoms with E-state index in [0.29, 0.717) is 5.82 Å². The lowest BCUT2D eigenvalue weighted by atomic mass is 10.0. The highest BCUT2D eigenvalue weighted by Gasteiger charge is 2.22. The van der Waals surface area contributed by atoms with E-state index in [9.17, 15) is 8.42 Å². The van der Waals surface area contributed by atoms with Crippen molar-refractivity contribution in [3.63, 3.8) is 0 Å². The van der Waals surface area contributed by atoms with Crippen molar-refractivity contribution in [1.82, 2.24) is 15.1 Å². The number of piperidine rings is 1. The topological polar surface area (TPSA) is 76.0 Å². The van der Waals surface area contributed by atoms with Gasteiger partial charge in [-0.05, 0) is 45.7 Å². The van der Waals surface area contributed by atoms with Gasteiger partial charge in [0.2, 0.25) is 10.0 Å². The molecule has 1 aliphatic rings. The highest BCUT2D eigenvalue weighted by molar-refractivity contribution is 7.92. The third-order valence-corrected chi connectivity index (χ3v) is 4.70. The average molecular weight is 286 g/mol. The molecule has 0 bridgehead atoms. The van der Waals surface area contributed by atoms with Crippen molar-refractivity contribution in [3.05, 3.63) is 12.3 Å². The molecule has 0 saturated carbocycles. The highest BCUT2D eigenvalue weighted by Crippen LogP contribution is 2.17. The molecule has 1 saturated heterocycles. The van der Waals surface area contributed by atoms with Gasteiger partial charge in [0.1, 0.15) is 5.82 Å². The number of aromatic nitrogens is 2. The molecule has 2 N–H and O–H groups in total. The normalized spacial score (nSPS) is 20.7. The molecule has 1 fully saturated rings. The van der Waals surface area contributed by atoms with Gasteiger partial charge >= 0.3 is 0 Å². The molecule has 0 aromatic carbocycles. The molecular formula is C12H22N4O2S. The van der Waals surface area contributed by atoms with E-state index in [2.05, 4.69) is 15.1 Å². The van der Waals surface area contributed by atoms with E-state index >= 15 is 0 Å². The van der Waals surface area contributed by atoms with Crippen LogP contribution in [0.3, 0.4) is 0 Å². The Morgan fingerprint density at radius 1 is 1.58 bits per heavy atom. The molecule has 7 heteroatoms. The van der Waals surface area contributed by atoms with Crippen LogP contribution in [0, 0.1) is 5.92 Å². The highest BCUT2D eigenvalue weighted by atomic mass is 32.2. The van der Waals surface area contributed by atoms with Gasteiger partial charge in [0.05, 0.1) is 11.9 Å². The van der Waals surface area contributed by atoms with Crippen LogP contribution in [0.4, 0.5) is 5.82 Å². The molecule has 1 aromatic rings. The van der Waals surface area contributed by atoms with Gasteiger partial charge in [0.25, 0.3) is 0 Å². The Morgan fingerprint density at radius 3 is 3.00 bits per heavy atom. The molecule has 1 aromatic heterocycles. The van der Waals surface area contributed by atoms with Gasteiger partial charge in [-0.25, -0.2) is 13.1 Å². The maximum atomic E-state index is 12.2. The number of hydrogen-bond donors (Lipinski definition) is 2.